The number of fused-ring (bicyclic) bond motifs is 1. The summed E-state index contributed by atoms with van der Waals surface area (Å²) in [6.45, 7) is 12.5. The van der Waals surface area contributed by atoms with Crippen molar-refractivity contribution in [2.45, 2.75) is 53.0 Å². The average molecular weight is 567 g/mol. The molecule has 9 heteroatoms. The lowest BCUT2D eigenvalue weighted by atomic mass is 9.94. The van der Waals surface area contributed by atoms with Gasteiger partial charge in [-0.05, 0) is 62.3 Å². The third-order valence-electron chi connectivity index (χ3n) is 7.50. The Morgan fingerprint density at radius 2 is 1.71 bits per heavy atom. The number of Topliss-reactive ketones (excluding diaryl/α,β-unsaturated/α-hetero) is 1. The van der Waals surface area contributed by atoms with Crippen LogP contribution in [0.5, 0.6) is 23.0 Å². The van der Waals surface area contributed by atoms with E-state index in [-0.39, 0.29) is 11.3 Å². The zero-order valence-corrected chi connectivity index (χ0v) is 24.6. The van der Waals surface area contributed by atoms with Crippen LogP contribution in [0.4, 0.5) is 0 Å². The van der Waals surface area contributed by atoms with Gasteiger partial charge in [0.25, 0.3) is 11.7 Å². The number of carbonyl (C=O) groups is 2. The Bertz CT molecular complexity index is 1250. The van der Waals surface area contributed by atoms with E-state index in [4.69, 9.17) is 18.9 Å². The maximum atomic E-state index is 13.5. The first-order chi connectivity index (χ1) is 19.9. The molecule has 0 unspecified atom stereocenters. The largest absolute Gasteiger partial charge is 0.507 e. The lowest BCUT2D eigenvalue weighted by molar-refractivity contribution is -0.140. The first-order valence-electron chi connectivity index (χ1n) is 14.7. The van der Waals surface area contributed by atoms with E-state index in [0.29, 0.717) is 73.6 Å². The number of carbonyl (C=O) groups excluding carboxylic acids is 2. The van der Waals surface area contributed by atoms with E-state index in [2.05, 4.69) is 25.7 Å². The van der Waals surface area contributed by atoms with Crippen LogP contribution in [0.15, 0.2) is 42.0 Å². The molecule has 0 bridgehead atoms. The summed E-state index contributed by atoms with van der Waals surface area (Å²) >= 11 is 0. The van der Waals surface area contributed by atoms with Gasteiger partial charge in [0.05, 0.1) is 24.8 Å². The van der Waals surface area contributed by atoms with E-state index in [9.17, 15) is 14.7 Å². The van der Waals surface area contributed by atoms with Crippen LogP contribution in [0.1, 0.15) is 64.1 Å². The summed E-state index contributed by atoms with van der Waals surface area (Å²) in [7, 11) is 0. The van der Waals surface area contributed by atoms with E-state index in [0.717, 1.165) is 32.4 Å². The summed E-state index contributed by atoms with van der Waals surface area (Å²) in [4.78, 5) is 30.7. The van der Waals surface area contributed by atoms with Gasteiger partial charge in [0.15, 0.2) is 23.0 Å². The molecular weight excluding hydrogens is 524 g/mol. The van der Waals surface area contributed by atoms with E-state index in [1.54, 1.807) is 23.1 Å². The van der Waals surface area contributed by atoms with E-state index < -0.39 is 17.7 Å². The van der Waals surface area contributed by atoms with Gasteiger partial charge in [-0.15, -0.1) is 0 Å². The van der Waals surface area contributed by atoms with E-state index >= 15 is 0 Å². The minimum Gasteiger partial charge on any atom is -0.507 e. The molecular formula is C32H42N2O7. The average Bonchev–Trinajstić information content (AvgIpc) is 3.25. The normalized spacial score (nSPS) is 17.8. The zero-order valence-electron chi connectivity index (χ0n) is 24.6. The zero-order chi connectivity index (χ0) is 29.4. The number of hydrogen-bond donors (Lipinski definition) is 1. The number of aliphatic hydroxyl groups excluding tert-OH is 1. The molecule has 222 valence electrons. The number of amides is 1. The van der Waals surface area contributed by atoms with Crippen molar-refractivity contribution in [3.8, 4) is 23.0 Å². The van der Waals surface area contributed by atoms with Gasteiger partial charge in [0.2, 0.25) is 0 Å². The minimum atomic E-state index is -0.799. The van der Waals surface area contributed by atoms with Crippen molar-refractivity contribution in [3.05, 3.63) is 53.1 Å². The van der Waals surface area contributed by atoms with Crippen LogP contribution in [0.3, 0.4) is 0 Å². The number of benzene rings is 2. The predicted octanol–water partition coefficient (Wildman–Crippen LogP) is 5.19. The number of hydrogen-bond acceptors (Lipinski definition) is 8. The van der Waals surface area contributed by atoms with Crippen molar-refractivity contribution in [1.82, 2.24) is 9.80 Å². The van der Waals surface area contributed by atoms with Gasteiger partial charge in [-0.1, -0.05) is 39.7 Å². The van der Waals surface area contributed by atoms with Gasteiger partial charge < -0.3 is 33.9 Å². The molecule has 2 aromatic carbocycles. The van der Waals surface area contributed by atoms with Crippen LogP contribution in [-0.4, -0.2) is 79.2 Å². The number of unbranched alkanes of at least 4 members (excludes halogenated alkanes) is 2. The monoisotopic (exact) mass is 566 g/mol. The van der Waals surface area contributed by atoms with Crippen LogP contribution in [0.2, 0.25) is 0 Å². The number of likely N-dealkylation sites (tertiary alicyclic amines) is 1. The highest BCUT2D eigenvalue weighted by Crippen LogP contribution is 2.43. The SMILES string of the molecule is CCCCCOc1ccc([C@H]2/C(=C(\O)c3ccc4c(c3)OCCO4)C(=O)C(=O)N2CCN(CC)CC)cc1OCC. The molecule has 0 spiro atoms. The Morgan fingerprint density at radius 1 is 0.951 bits per heavy atom. The second-order valence-electron chi connectivity index (χ2n) is 10.1. The van der Waals surface area contributed by atoms with Crippen molar-refractivity contribution in [1.29, 1.82) is 0 Å². The second kappa shape index (κ2) is 14.3. The summed E-state index contributed by atoms with van der Waals surface area (Å²) in [6, 6.07) is 9.69. The molecule has 1 saturated heterocycles. The van der Waals surface area contributed by atoms with Gasteiger partial charge >= 0.3 is 0 Å². The highest BCUT2D eigenvalue weighted by atomic mass is 16.6. The third kappa shape index (κ3) is 6.78. The van der Waals surface area contributed by atoms with Gasteiger partial charge in [-0.2, -0.15) is 0 Å². The fourth-order valence-electron chi connectivity index (χ4n) is 5.21. The fourth-order valence-corrected chi connectivity index (χ4v) is 5.21. The number of ketones is 1. The van der Waals surface area contributed by atoms with Gasteiger partial charge in [0.1, 0.15) is 19.0 Å². The lowest BCUT2D eigenvalue weighted by Crippen LogP contribution is -2.38. The molecule has 0 radical (unpaired) electrons. The molecule has 0 aromatic heterocycles. The van der Waals surface area contributed by atoms with Crippen molar-refractivity contribution >= 4 is 17.4 Å². The molecule has 2 aliphatic heterocycles. The second-order valence-corrected chi connectivity index (χ2v) is 10.1. The molecule has 1 atom stereocenters. The standard InChI is InChI=1S/C32H42N2O7/c1-5-9-10-17-39-24-13-11-22(20-26(24)38-8-4)29-28(31(36)32(37)34(29)16-15-33(6-2)7-3)30(35)23-12-14-25-27(21-23)41-19-18-40-25/h11-14,20-21,29,35H,5-10,15-19H2,1-4H3/b30-28+/t29-/m0/s1. The lowest BCUT2D eigenvalue weighted by Gasteiger charge is -2.28. The Balaban J connectivity index is 1.77. The summed E-state index contributed by atoms with van der Waals surface area (Å²) in [6.07, 6.45) is 3.10. The molecule has 4 rings (SSSR count). The molecule has 0 aliphatic carbocycles. The summed E-state index contributed by atoms with van der Waals surface area (Å²) in [5, 5.41) is 11.5. The van der Waals surface area contributed by atoms with Crippen LogP contribution >= 0.6 is 0 Å². The molecule has 1 N–H and O–H groups in total. The number of aliphatic hydroxyl groups is 1. The summed E-state index contributed by atoms with van der Waals surface area (Å²) in [5.41, 5.74) is 1.07. The summed E-state index contributed by atoms with van der Waals surface area (Å²) < 4.78 is 23.2. The number of likely N-dealkylation sites (N-methyl/N-ethyl adjacent to an activating group) is 1. The topological polar surface area (TPSA) is 97.8 Å². The Morgan fingerprint density at radius 3 is 2.41 bits per heavy atom. The van der Waals surface area contributed by atoms with E-state index in [1.807, 2.05) is 25.1 Å². The molecule has 2 heterocycles. The minimum absolute atomic E-state index is 0.0327. The number of nitrogens with zero attached hydrogens (tertiary/aromatic N) is 2. The highest BCUT2D eigenvalue weighted by Gasteiger charge is 2.46. The fraction of sp³-hybridized carbons (Fsp3) is 0.500. The third-order valence-corrected chi connectivity index (χ3v) is 7.50. The summed E-state index contributed by atoms with van der Waals surface area (Å²) in [5.74, 6) is 0.580. The van der Waals surface area contributed by atoms with Crippen molar-refractivity contribution < 1.29 is 33.6 Å². The highest BCUT2D eigenvalue weighted by molar-refractivity contribution is 6.46. The molecule has 9 nitrogen and oxygen atoms in total. The maximum Gasteiger partial charge on any atom is 0.295 e. The maximum absolute atomic E-state index is 13.5. The van der Waals surface area contributed by atoms with Crippen molar-refractivity contribution in [3.63, 3.8) is 0 Å². The predicted molar refractivity (Wildman–Crippen MR) is 157 cm³/mol. The Labute approximate surface area is 242 Å². The number of rotatable bonds is 14. The van der Waals surface area contributed by atoms with Crippen LogP contribution in [0, 0.1) is 0 Å². The Kier molecular flexibility index (Phi) is 10.5. The smallest absolute Gasteiger partial charge is 0.295 e. The molecule has 0 saturated carbocycles. The van der Waals surface area contributed by atoms with Gasteiger partial charge in [-0.25, -0.2) is 0 Å². The first kappa shape index (κ1) is 30.2. The quantitative estimate of drug-likeness (QED) is 0.144. The van der Waals surface area contributed by atoms with Crippen LogP contribution < -0.4 is 18.9 Å². The van der Waals surface area contributed by atoms with E-state index in [1.165, 1.54) is 0 Å². The van der Waals surface area contributed by atoms with Crippen LogP contribution in [-0.2, 0) is 9.59 Å². The first-order valence-corrected chi connectivity index (χ1v) is 14.7. The van der Waals surface area contributed by atoms with Crippen molar-refractivity contribution in [2.75, 3.05) is 52.6 Å². The molecule has 2 aliphatic rings. The molecule has 1 fully saturated rings. The van der Waals surface area contributed by atoms with Crippen LogP contribution in [0.25, 0.3) is 5.76 Å². The molecule has 2 aromatic rings. The van der Waals surface area contributed by atoms with Gasteiger partial charge in [0, 0.05) is 18.7 Å². The number of ether oxygens (including phenoxy) is 4. The Hall–Kier alpha value is -3.72. The molecule has 41 heavy (non-hydrogen) atoms. The van der Waals surface area contributed by atoms with Crippen molar-refractivity contribution in [2.24, 2.45) is 0 Å². The van der Waals surface area contributed by atoms with Gasteiger partial charge in [-0.3, -0.25) is 9.59 Å². The molecule has 1 amide bonds.